The minimum Gasteiger partial charge on any atom is 0 e. The summed E-state index contributed by atoms with van der Waals surface area (Å²) in [6.07, 6.45) is 0. The average Bonchev–Trinajstić information content (AvgIpc) is 0. The van der Waals surface area contributed by atoms with E-state index >= 15 is 0 Å². The van der Waals surface area contributed by atoms with Crippen molar-refractivity contribution in [2.45, 2.75) is 0 Å². The first-order chi connectivity index (χ1) is 0. The van der Waals surface area contributed by atoms with Crippen LogP contribution in [0.2, 0.25) is 0 Å². The van der Waals surface area contributed by atoms with Gasteiger partial charge >= 0.3 is 0 Å². The van der Waals surface area contributed by atoms with E-state index in [9.17, 15) is 0 Å². The molecule has 0 nitrogen and oxygen atoms in total. The predicted octanol–water partition coefficient (Wildman–Crippen LogP) is -1.19. The smallest absolute Gasteiger partial charge is 0 e. The summed E-state index contributed by atoms with van der Waals surface area (Å²) in [6.45, 7) is 0. The molecule has 0 spiro atoms. The van der Waals surface area contributed by atoms with Crippen LogP contribution in [0.5, 0.6) is 0 Å². The normalized spacial score (nSPS) is 0. The van der Waals surface area contributed by atoms with Gasteiger partial charge in [0, 0.05) is 93.9 Å². The average molecular weight is 415 g/mol. The molecule has 4 heteroatoms. The maximum atomic E-state index is 0. The van der Waals surface area contributed by atoms with Crippen molar-refractivity contribution in [2.24, 2.45) is 0 Å². The van der Waals surface area contributed by atoms with Crippen LogP contribution in [0.1, 0.15) is 0 Å². The Morgan fingerprint density at radius 1 is 1.00 bits per heavy atom. The van der Waals surface area contributed by atoms with Gasteiger partial charge in [-0.2, -0.15) is 0 Å². The second-order valence-corrected chi connectivity index (χ2v) is 0. The fraction of sp³-hybridized carbons (Fsp3) is 0. The summed E-state index contributed by atoms with van der Waals surface area (Å²) in [4.78, 5) is 0. The Morgan fingerprint density at radius 3 is 1.00 bits per heavy atom. The Balaban J connectivity index is 0. The van der Waals surface area contributed by atoms with Gasteiger partial charge < -0.3 is 0 Å². The van der Waals surface area contributed by atoms with Gasteiger partial charge in [-0.3, -0.25) is 0 Å². The maximum Gasteiger partial charge on any atom is 0.187 e. The zero-order chi connectivity index (χ0) is 0. The fourth-order valence-electron chi connectivity index (χ4n) is 0. The van der Waals surface area contributed by atoms with Crippen molar-refractivity contribution in [3.63, 3.8) is 0 Å². The second kappa shape index (κ2) is 16.0. The second-order valence-electron chi connectivity index (χ2n) is 0. The van der Waals surface area contributed by atoms with Gasteiger partial charge in [0.15, 0.2) is 17.4 Å². The van der Waals surface area contributed by atoms with Crippen LogP contribution in [-0.2, 0) is 17.1 Å². The largest absolute Gasteiger partial charge is 0.187 e. The van der Waals surface area contributed by atoms with Crippen LogP contribution >= 0.6 is 0 Å². The van der Waals surface area contributed by atoms with Crippen molar-refractivity contribution >= 4 is 17.4 Å². The first kappa shape index (κ1) is 25.5. The summed E-state index contributed by atoms with van der Waals surface area (Å²) >= 11 is 0. The molecule has 4 heavy (non-hydrogen) atoms. The van der Waals surface area contributed by atoms with E-state index in [1.54, 1.807) is 0 Å². The van der Waals surface area contributed by atoms with E-state index in [1.807, 2.05) is 0 Å². The molecule has 0 bridgehead atoms. The Morgan fingerprint density at radius 2 is 1.00 bits per heavy atom. The minimum absolute atomic E-state index is 0. The quantitative estimate of drug-likeness (QED) is 0.437. The van der Waals surface area contributed by atoms with Crippen LogP contribution in [0.25, 0.3) is 0 Å². The number of rotatable bonds is 0. The molecule has 0 aromatic carbocycles. The predicted molar refractivity (Wildman–Crippen MR) is 9.94 cm³/mol. The van der Waals surface area contributed by atoms with Crippen molar-refractivity contribution in [3.8, 4) is 0 Å². The molecule has 0 rings (SSSR count). The van der Waals surface area contributed by atoms with Crippen molar-refractivity contribution < 1.29 is 93.9 Å². The van der Waals surface area contributed by atoms with Crippen LogP contribution in [0.15, 0.2) is 0 Å². The molecular weight excluding hydrogens is 412 g/mol. The van der Waals surface area contributed by atoms with E-state index in [1.165, 1.54) is 0 Å². The summed E-state index contributed by atoms with van der Waals surface area (Å²) in [5, 5.41) is 0. The van der Waals surface area contributed by atoms with E-state index in [0.717, 1.165) is 0 Å². The Kier molecular flexibility index (Phi) is 102. The molecule has 0 saturated heterocycles. The van der Waals surface area contributed by atoms with E-state index < -0.39 is 0 Å². The van der Waals surface area contributed by atoms with Gasteiger partial charge in [-0.15, -0.1) is 0 Å². The summed E-state index contributed by atoms with van der Waals surface area (Å²) in [5.41, 5.74) is 0. The Hall–Kier alpha value is 3.61. The third-order valence-electron chi connectivity index (χ3n) is 0. The summed E-state index contributed by atoms with van der Waals surface area (Å²) < 4.78 is 0. The van der Waals surface area contributed by atoms with Crippen LogP contribution in [0.3, 0.4) is 0 Å². The molecule has 0 N–H and O–H groups in total. The van der Waals surface area contributed by atoms with Gasteiger partial charge in [0.05, 0.1) is 0 Å². The first-order valence-corrected chi connectivity index (χ1v) is 0. The molecule has 0 amide bonds. The monoisotopic (exact) mass is 416 g/mol. The van der Waals surface area contributed by atoms with Gasteiger partial charge in [0.25, 0.3) is 0 Å². The van der Waals surface area contributed by atoms with Crippen molar-refractivity contribution in [1.29, 1.82) is 0 Å². The van der Waals surface area contributed by atoms with E-state index in [-0.39, 0.29) is 111 Å². The van der Waals surface area contributed by atoms with E-state index in [4.69, 9.17) is 0 Å². The summed E-state index contributed by atoms with van der Waals surface area (Å²) in [5.74, 6) is 0. The molecular formula is H3AlCuDyTb. The van der Waals surface area contributed by atoms with E-state index in [0.29, 0.717) is 0 Å². The van der Waals surface area contributed by atoms with Gasteiger partial charge in [-0.25, -0.2) is 0 Å². The first-order valence-electron chi connectivity index (χ1n) is 0. The summed E-state index contributed by atoms with van der Waals surface area (Å²) in [6, 6.07) is 0. The van der Waals surface area contributed by atoms with Crippen molar-refractivity contribution in [1.82, 2.24) is 0 Å². The Bertz CT molecular complexity index is 8.00. The van der Waals surface area contributed by atoms with Gasteiger partial charge in [0.1, 0.15) is 0 Å². The van der Waals surface area contributed by atoms with Gasteiger partial charge in [0.2, 0.25) is 0 Å². The van der Waals surface area contributed by atoms with Gasteiger partial charge in [-0.1, -0.05) is 0 Å². The van der Waals surface area contributed by atoms with E-state index in [2.05, 4.69) is 0 Å². The molecule has 0 fully saturated rings. The maximum absolute atomic E-state index is 0. The topological polar surface area (TPSA) is 0 Å². The van der Waals surface area contributed by atoms with Crippen molar-refractivity contribution in [2.75, 3.05) is 0 Å². The third-order valence-corrected chi connectivity index (χ3v) is 0. The van der Waals surface area contributed by atoms with Crippen LogP contribution in [0.4, 0.5) is 0 Å². The molecule has 0 saturated carbocycles. The Labute approximate surface area is 108 Å². The molecule has 0 aromatic rings. The molecule has 0 aromatic heterocycles. The third kappa shape index (κ3) is 9.15. The zero-order valence-corrected chi connectivity index (χ0v) is 6.06. The fourth-order valence-corrected chi connectivity index (χ4v) is 0. The molecule has 2 radical (unpaired) electrons. The zero-order valence-electron chi connectivity index (χ0n) is 0.951. The molecule has 0 heterocycles. The van der Waals surface area contributed by atoms with Crippen LogP contribution in [-0.4, -0.2) is 17.4 Å². The molecule has 0 aliphatic carbocycles. The van der Waals surface area contributed by atoms with Crippen molar-refractivity contribution in [3.05, 3.63) is 0 Å². The van der Waals surface area contributed by atoms with Crippen LogP contribution in [0, 0.1) is 76.8 Å². The molecule has 36 valence electrons. The number of hydrogen-bond donors (Lipinski definition) is 0. The molecule has 0 unspecified atom stereocenters. The molecule has 0 atom stereocenters. The summed E-state index contributed by atoms with van der Waals surface area (Å²) in [7, 11) is 0. The van der Waals surface area contributed by atoms with Gasteiger partial charge in [-0.05, 0) is 0 Å². The number of hydrogen-bond acceptors (Lipinski definition) is 0. The molecule has 0 aliphatic rings. The standard InChI is InChI=1S/Al.Cu.Dy.Tb.3H. The minimum atomic E-state index is 0. The SMILES string of the molecule is [AlH3].[Cu].[Dy].[Tb]. The van der Waals surface area contributed by atoms with Crippen LogP contribution < -0.4 is 0 Å². The molecule has 0 aliphatic heterocycles.